The van der Waals surface area contributed by atoms with Crippen LogP contribution >= 0.6 is 0 Å². The summed E-state index contributed by atoms with van der Waals surface area (Å²) >= 11 is 0. The summed E-state index contributed by atoms with van der Waals surface area (Å²) in [7, 11) is -6.86. The fraction of sp³-hybridized carbons (Fsp3) is 0.400. The molecule has 4 nitrogen and oxygen atoms in total. The normalized spacial score (nSPS) is 14.1. The second kappa shape index (κ2) is 6.08. The van der Waals surface area contributed by atoms with E-state index < -0.39 is 36.9 Å². The number of anilines is 1. The molecule has 1 atom stereocenters. The highest BCUT2D eigenvalue weighted by Gasteiger charge is 2.48. The van der Waals surface area contributed by atoms with Gasteiger partial charge in [0.2, 0.25) is 0 Å². The zero-order chi connectivity index (χ0) is 15.6. The monoisotopic (exact) mass is 333 g/mol. The molecule has 0 aliphatic carbocycles. The van der Waals surface area contributed by atoms with E-state index in [4.69, 9.17) is 0 Å². The molecule has 0 fully saturated rings. The van der Waals surface area contributed by atoms with Gasteiger partial charge in [0.1, 0.15) is 10.7 Å². The largest absolute Gasteiger partial charge is 0.501 e. The van der Waals surface area contributed by atoms with Crippen LogP contribution < -0.4 is 5.32 Å². The average Bonchev–Trinajstić information content (AvgIpc) is 2.29. The number of hydrogen-bond acceptors (Lipinski definition) is 4. The van der Waals surface area contributed by atoms with Crippen molar-refractivity contribution >= 4 is 26.3 Å². The minimum atomic E-state index is -5.66. The molecule has 0 aliphatic heterocycles. The Morgan fingerprint density at radius 3 is 2.40 bits per heavy atom. The van der Waals surface area contributed by atoms with Gasteiger partial charge in [0, 0.05) is 29.4 Å². The second-order valence-corrected chi connectivity index (χ2v) is 7.26. The number of sulfone groups is 1. The topological polar surface area (TPSA) is 63.2 Å². The minimum Gasteiger partial charge on any atom is -0.383 e. The lowest BCUT2D eigenvalue weighted by Crippen LogP contribution is -2.25. The maximum absolute atomic E-state index is 13.0. The summed E-state index contributed by atoms with van der Waals surface area (Å²) in [5.74, 6) is -0.986. The molecule has 0 aliphatic rings. The molecule has 0 amide bonds. The minimum absolute atomic E-state index is 0.00484. The van der Waals surface area contributed by atoms with Gasteiger partial charge in [-0.1, -0.05) is 0 Å². The van der Waals surface area contributed by atoms with Gasteiger partial charge in [-0.2, -0.15) is 13.2 Å². The highest BCUT2D eigenvalue weighted by Crippen LogP contribution is 2.34. The first kappa shape index (κ1) is 16.9. The molecular formula is C10H11F4NO3S2. The third kappa shape index (κ3) is 3.92. The van der Waals surface area contributed by atoms with Gasteiger partial charge in [0.25, 0.3) is 9.84 Å². The first-order chi connectivity index (χ1) is 9.05. The van der Waals surface area contributed by atoms with Crippen LogP contribution in [0.2, 0.25) is 0 Å². The fourth-order valence-electron chi connectivity index (χ4n) is 1.32. The van der Waals surface area contributed by atoms with Crippen molar-refractivity contribution in [3.63, 3.8) is 0 Å². The standard InChI is InChI=1S/C10H11F4NO3S2/c1-19(16)5-4-15-8-3-2-7(11)6-9(8)20(17,18)10(12,13)14/h2-3,6,15H,4-5H2,1H3. The smallest absolute Gasteiger partial charge is 0.383 e. The van der Waals surface area contributed by atoms with Crippen molar-refractivity contribution in [3.05, 3.63) is 24.0 Å². The summed E-state index contributed by atoms with van der Waals surface area (Å²) in [6.45, 7) is -0.00484. The predicted octanol–water partition coefficient (Wildman–Crippen LogP) is 1.91. The Morgan fingerprint density at radius 2 is 1.90 bits per heavy atom. The molecule has 1 aromatic rings. The summed E-state index contributed by atoms with van der Waals surface area (Å²) < 4.78 is 84.0. The van der Waals surface area contributed by atoms with Gasteiger partial charge in [-0.25, -0.2) is 12.8 Å². The van der Waals surface area contributed by atoms with Gasteiger partial charge in [0.15, 0.2) is 0 Å². The lowest BCUT2D eigenvalue weighted by atomic mass is 10.3. The zero-order valence-electron chi connectivity index (χ0n) is 10.2. The van der Waals surface area contributed by atoms with Crippen LogP contribution in [0.15, 0.2) is 23.1 Å². The molecular weight excluding hydrogens is 322 g/mol. The number of alkyl halides is 3. The zero-order valence-corrected chi connectivity index (χ0v) is 11.8. The Morgan fingerprint density at radius 1 is 1.30 bits per heavy atom. The summed E-state index contributed by atoms with van der Waals surface area (Å²) in [5, 5.41) is 2.41. The van der Waals surface area contributed by atoms with Crippen LogP contribution in [0.3, 0.4) is 0 Å². The Labute approximate surface area is 115 Å². The van der Waals surface area contributed by atoms with Crippen molar-refractivity contribution in [1.82, 2.24) is 0 Å². The number of hydrogen-bond donors (Lipinski definition) is 1. The molecule has 0 saturated heterocycles. The first-order valence-electron chi connectivity index (χ1n) is 5.20. The van der Waals surface area contributed by atoms with E-state index in [1.807, 2.05) is 0 Å². The Bertz CT molecular complexity index is 613. The van der Waals surface area contributed by atoms with Gasteiger partial charge in [-0.15, -0.1) is 0 Å². The van der Waals surface area contributed by atoms with Crippen molar-refractivity contribution in [3.8, 4) is 0 Å². The number of benzene rings is 1. The van der Waals surface area contributed by atoms with Crippen molar-refractivity contribution in [2.24, 2.45) is 0 Å². The molecule has 10 heteroatoms. The average molecular weight is 333 g/mol. The van der Waals surface area contributed by atoms with Gasteiger partial charge in [-0.05, 0) is 18.2 Å². The molecule has 0 spiro atoms. The third-order valence-electron chi connectivity index (χ3n) is 2.24. The summed E-state index contributed by atoms with van der Waals surface area (Å²) in [4.78, 5) is -1.19. The Kier molecular flexibility index (Phi) is 5.14. The molecule has 0 aromatic heterocycles. The summed E-state index contributed by atoms with van der Waals surface area (Å²) in [6.07, 6.45) is 1.39. The van der Waals surface area contributed by atoms with Crippen LogP contribution in [0.1, 0.15) is 0 Å². The van der Waals surface area contributed by atoms with E-state index in [9.17, 15) is 30.2 Å². The van der Waals surface area contributed by atoms with Gasteiger partial charge in [0.05, 0.1) is 5.69 Å². The molecule has 0 saturated carbocycles. The van der Waals surface area contributed by atoms with E-state index in [0.29, 0.717) is 6.07 Å². The van der Waals surface area contributed by atoms with Crippen molar-refractivity contribution in [1.29, 1.82) is 0 Å². The van der Waals surface area contributed by atoms with E-state index in [0.717, 1.165) is 12.1 Å². The van der Waals surface area contributed by atoms with Gasteiger partial charge >= 0.3 is 5.51 Å². The SMILES string of the molecule is CS(=O)CCNc1ccc(F)cc1S(=O)(=O)C(F)(F)F. The number of nitrogens with one attached hydrogen (secondary N) is 1. The van der Waals surface area contributed by atoms with E-state index >= 15 is 0 Å². The fourth-order valence-corrected chi connectivity index (χ4v) is 2.65. The highest BCUT2D eigenvalue weighted by molar-refractivity contribution is 7.92. The molecule has 114 valence electrons. The van der Waals surface area contributed by atoms with Crippen LogP contribution in [0, 0.1) is 5.82 Å². The van der Waals surface area contributed by atoms with E-state index in [1.165, 1.54) is 6.26 Å². The summed E-state index contributed by atoms with van der Waals surface area (Å²) in [5.41, 5.74) is -5.90. The molecule has 20 heavy (non-hydrogen) atoms. The Balaban J connectivity index is 3.18. The van der Waals surface area contributed by atoms with Crippen LogP contribution in [-0.2, 0) is 20.6 Å². The van der Waals surface area contributed by atoms with Crippen LogP contribution in [0.4, 0.5) is 23.2 Å². The molecule has 1 aromatic carbocycles. The van der Waals surface area contributed by atoms with Crippen LogP contribution in [0.25, 0.3) is 0 Å². The molecule has 0 heterocycles. The number of halogens is 4. The van der Waals surface area contributed by atoms with E-state index in [2.05, 4.69) is 5.32 Å². The van der Waals surface area contributed by atoms with Crippen LogP contribution in [0.5, 0.6) is 0 Å². The lowest BCUT2D eigenvalue weighted by Gasteiger charge is -2.14. The predicted molar refractivity (Wildman–Crippen MR) is 67.1 cm³/mol. The molecule has 1 unspecified atom stereocenters. The Hall–Kier alpha value is -1.16. The third-order valence-corrected chi connectivity index (χ3v) is 4.55. The van der Waals surface area contributed by atoms with Gasteiger partial charge < -0.3 is 5.32 Å². The van der Waals surface area contributed by atoms with E-state index in [-0.39, 0.29) is 18.0 Å². The van der Waals surface area contributed by atoms with Crippen molar-refractivity contribution in [2.45, 2.75) is 10.4 Å². The summed E-state index contributed by atoms with van der Waals surface area (Å²) in [6, 6.07) is 2.03. The highest BCUT2D eigenvalue weighted by atomic mass is 32.2. The maximum atomic E-state index is 13.0. The maximum Gasteiger partial charge on any atom is 0.501 e. The van der Waals surface area contributed by atoms with E-state index in [1.54, 1.807) is 0 Å². The first-order valence-corrected chi connectivity index (χ1v) is 8.41. The quantitative estimate of drug-likeness (QED) is 0.836. The molecule has 0 bridgehead atoms. The number of rotatable bonds is 5. The lowest BCUT2D eigenvalue weighted by molar-refractivity contribution is -0.0435. The van der Waals surface area contributed by atoms with Gasteiger partial charge in [-0.3, -0.25) is 4.21 Å². The molecule has 0 radical (unpaired) electrons. The second-order valence-electron chi connectivity index (χ2n) is 3.79. The van der Waals surface area contributed by atoms with Crippen molar-refractivity contribution < 1.29 is 30.2 Å². The van der Waals surface area contributed by atoms with Crippen molar-refractivity contribution in [2.75, 3.05) is 23.9 Å². The molecule has 1 N–H and O–H groups in total. The molecule has 1 rings (SSSR count). The van der Waals surface area contributed by atoms with Crippen LogP contribution in [-0.4, -0.2) is 36.7 Å².